The van der Waals surface area contributed by atoms with Gasteiger partial charge in [-0.05, 0) is 129 Å². The Hall–Kier alpha value is -4.32. The van der Waals surface area contributed by atoms with E-state index in [0.29, 0.717) is 11.5 Å². The van der Waals surface area contributed by atoms with Crippen LogP contribution < -0.4 is 0 Å². The summed E-state index contributed by atoms with van der Waals surface area (Å²) in [4.78, 5) is 0. The molecule has 0 unspecified atom stereocenters. The molecule has 2 aliphatic rings. The monoisotopic (exact) mass is 1050 g/mol. The van der Waals surface area contributed by atoms with Crippen LogP contribution in [0.5, 0.6) is 11.5 Å². The van der Waals surface area contributed by atoms with Gasteiger partial charge in [-0.1, -0.05) is 168 Å². The van der Waals surface area contributed by atoms with Crippen LogP contribution in [-0.2, 0) is 23.7 Å². The summed E-state index contributed by atoms with van der Waals surface area (Å²) in [5.74, 6) is 0.661. The third-order valence-corrected chi connectivity index (χ3v) is 16.1. The van der Waals surface area contributed by atoms with Gasteiger partial charge < -0.3 is 10.2 Å². The maximum Gasteiger partial charge on any atom is 0.116 e. The van der Waals surface area contributed by atoms with Gasteiger partial charge in [0.2, 0.25) is 0 Å². The summed E-state index contributed by atoms with van der Waals surface area (Å²) < 4.78 is 5.01. The van der Waals surface area contributed by atoms with Crippen molar-refractivity contribution in [1.29, 1.82) is 0 Å². The van der Waals surface area contributed by atoms with Crippen LogP contribution in [-0.4, -0.2) is 31.4 Å². The van der Waals surface area contributed by atoms with Gasteiger partial charge in [0, 0.05) is 4.47 Å². The summed E-state index contributed by atoms with van der Waals surface area (Å²) >= 11 is 3.35. The fourth-order valence-electron chi connectivity index (χ4n) is 8.81. The zero-order valence-corrected chi connectivity index (χ0v) is 45.8. The van der Waals surface area contributed by atoms with Crippen LogP contribution in [0.1, 0.15) is 150 Å². The maximum atomic E-state index is 9.97. The number of halogens is 1. The van der Waals surface area contributed by atoms with Crippen LogP contribution in [0.15, 0.2) is 130 Å². The quantitative estimate of drug-likeness (QED) is 0.0728. The molecule has 0 atom stereocenters. The van der Waals surface area contributed by atoms with Crippen LogP contribution in [0.3, 0.4) is 0 Å². The first-order chi connectivity index (χ1) is 31.6. The second-order valence-corrected chi connectivity index (χ2v) is 24.0. The Labute approximate surface area is 418 Å². The van der Waals surface area contributed by atoms with Crippen molar-refractivity contribution < 1.29 is 10.2 Å². The first-order valence-electron chi connectivity index (χ1n) is 24.4. The zero-order valence-electron chi connectivity index (χ0n) is 41.4. The molecular weight excluding hydrogens is 975 g/mol. The average Bonchev–Trinajstić information content (AvgIpc) is 3.29. The molecule has 346 valence electrons. The molecule has 0 saturated carbocycles. The number of rotatable bonds is 12. The Morgan fingerprint density at radius 1 is 0.485 bits per heavy atom. The van der Waals surface area contributed by atoms with Crippen molar-refractivity contribution in [1.82, 2.24) is 0 Å². The smallest absolute Gasteiger partial charge is 0.116 e. The first-order valence-corrected chi connectivity index (χ1v) is 28.9. The third kappa shape index (κ3) is 15.6. The predicted molar refractivity (Wildman–Crippen MR) is 293 cm³/mol. The van der Waals surface area contributed by atoms with E-state index in [1.165, 1.54) is 117 Å². The molecule has 2 radical (unpaired) electrons. The number of hydrogen-bond donors (Lipinski definition) is 2. The molecule has 0 aliphatic heterocycles. The molecule has 2 aliphatic carbocycles. The molecule has 0 amide bonds. The molecule has 8 rings (SSSR count). The van der Waals surface area contributed by atoms with E-state index in [0.717, 1.165) is 28.4 Å². The molecule has 66 heavy (non-hydrogen) atoms. The van der Waals surface area contributed by atoms with Gasteiger partial charge in [-0.3, -0.25) is 0 Å². The minimum Gasteiger partial charge on any atom is -0.508 e. The number of hydrogen-bond acceptors (Lipinski definition) is 2. The fourth-order valence-corrected chi connectivity index (χ4v) is 12.1. The molecule has 2 N–H and O–H groups in total. The Balaban J connectivity index is 0.000000179. The van der Waals surface area contributed by atoms with Gasteiger partial charge in [0.25, 0.3) is 0 Å². The summed E-state index contributed by atoms with van der Waals surface area (Å²) in [6, 6.07) is 41.9. The summed E-state index contributed by atoms with van der Waals surface area (Å²) in [7, 11) is 0. The average molecular weight is 1050 g/mol. The molecule has 0 bridgehead atoms. The van der Waals surface area contributed by atoms with Gasteiger partial charge in [-0.25, -0.2) is 0 Å². The van der Waals surface area contributed by atoms with Crippen LogP contribution in [0.4, 0.5) is 0 Å². The molecule has 6 aromatic carbocycles. The normalized spacial score (nSPS) is 13.7. The van der Waals surface area contributed by atoms with Gasteiger partial charge in [0.05, 0.1) is 0 Å². The van der Waals surface area contributed by atoms with Crippen molar-refractivity contribution in [2.24, 2.45) is 0 Å². The van der Waals surface area contributed by atoms with Crippen molar-refractivity contribution in [3.05, 3.63) is 180 Å². The van der Waals surface area contributed by atoms with E-state index in [1.807, 2.05) is 18.2 Å². The van der Waals surface area contributed by atoms with E-state index in [1.54, 1.807) is 12.1 Å². The number of aryl methyl sites for hydroxylation is 2. The van der Waals surface area contributed by atoms with E-state index < -0.39 is 0 Å². The number of aromatic hydroxyl groups is 2. The van der Waals surface area contributed by atoms with Crippen LogP contribution >= 0.6 is 15.9 Å². The van der Waals surface area contributed by atoms with Gasteiger partial charge in [-0.2, -0.15) is 0 Å². The van der Waals surface area contributed by atoms with Crippen molar-refractivity contribution >= 4 is 55.3 Å². The van der Waals surface area contributed by atoms with E-state index in [-0.39, 0.29) is 32.0 Å². The molecule has 2 nitrogen and oxygen atoms in total. The second-order valence-electron chi connectivity index (χ2n) is 19.5. The van der Waals surface area contributed by atoms with E-state index in [4.69, 9.17) is 0 Å². The zero-order chi connectivity index (χ0) is 47.7. The minimum absolute atomic E-state index is 0.0957. The van der Waals surface area contributed by atoms with Crippen LogP contribution in [0, 0.1) is 13.8 Å². The van der Waals surface area contributed by atoms with Gasteiger partial charge in [0.1, 0.15) is 11.5 Å². The van der Waals surface area contributed by atoms with Gasteiger partial charge >= 0.3 is 97.8 Å². The topological polar surface area (TPSA) is 40.5 Å². The Bertz CT molecular complexity index is 2500. The molecular formula is C62H75BrO2Sn. The van der Waals surface area contributed by atoms with Crippen LogP contribution in [0.2, 0.25) is 4.44 Å². The SMILES string of the molecule is CC1(C)Cc2ccc(O)cc2-c2cc(Br)ccc21.CCCCCCCC.CCC[CH2][Sn]/[CH]=C/c1ccc(C)cc1.Cc1ccc(/C=C/c2ccc3c(c2)-c2cc(O)ccc2CC3(C)C)cc1. The maximum absolute atomic E-state index is 9.97. The first kappa shape index (κ1) is 52.6. The fraction of sp³-hybridized carbons (Fsp3) is 0.355. The second kappa shape index (κ2) is 25.7. The molecule has 4 heteroatoms. The summed E-state index contributed by atoms with van der Waals surface area (Å²) in [5.41, 5.74) is 16.7. The summed E-state index contributed by atoms with van der Waals surface area (Å²) in [5, 5.41) is 19.7. The Morgan fingerprint density at radius 3 is 1.42 bits per heavy atom. The Morgan fingerprint density at radius 2 is 0.924 bits per heavy atom. The number of unbranched alkanes of at least 4 members (excludes halogenated alkanes) is 6. The van der Waals surface area contributed by atoms with E-state index >= 15 is 0 Å². The Kier molecular flexibility index (Phi) is 20.5. The largest absolute Gasteiger partial charge is 0.508 e. The number of phenols is 2. The van der Waals surface area contributed by atoms with Crippen molar-refractivity contribution in [2.45, 2.75) is 142 Å². The number of fused-ring (bicyclic) bond motifs is 6. The molecule has 0 saturated heterocycles. The van der Waals surface area contributed by atoms with Crippen molar-refractivity contribution in [2.75, 3.05) is 0 Å². The molecule has 0 fully saturated rings. The summed E-state index contributed by atoms with van der Waals surface area (Å²) in [6.07, 6.45) is 19.9. The van der Waals surface area contributed by atoms with Crippen molar-refractivity contribution in [3.63, 3.8) is 0 Å². The van der Waals surface area contributed by atoms with Crippen molar-refractivity contribution in [3.8, 4) is 33.8 Å². The molecule has 0 spiro atoms. The third-order valence-electron chi connectivity index (χ3n) is 12.7. The number of benzene rings is 6. The predicted octanol–water partition coefficient (Wildman–Crippen LogP) is 18.3. The van der Waals surface area contributed by atoms with Gasteiger partial charge in [0.15, 0.2) is 0 Å². The number of phenolic OH excluding ortho intramolecular Hbond substituents is 2. The molecule has 0 heterocycles. The standard InChI is InChI=1S/C25H24O.C16H15BrO.C9H9.C8H18.C4H9.Sn/c1-17-4-6-18(7-5-17)8-9-19-10-13-24-23(14-19)22-15-21(26)12-11-20(22)16-25(24,2)3;1-16(2)9-10-3-5-12(18)8-13(10)14-7-11(17)4-6-15(14)16;1-3-9-6-4-8(2)5-7-9;1-3-5-7-8-6-4-2;1-3-4-2;/h4-15,26H,16H2,1-3H3;3-8,18H,9H2,1-2H3;1,3-7H,2H3;3-8H2,1-2H3;1,3-4H2,2H3;/b9-8+;;;;;. The molecule has 0 aromatic heterocycles. The van der Waals surface area contributed by atoms with Crippen LogP contribution in [0.25, 0.3) is 40.5 Å². The minimum atomic E-state index is -0.190. The van der Waals surface area contributed by atoms with Gasteiger partial charge in [-0.15, -0.1) is 0 Å². The molecule has 6 aromatic rings. The summed E-state index contributed by atoms with van der Waals surface area (Å²) in [6.45, 7) is 20.1. The van der Waals surface area contributed by atoms with E-state index in [9.17, 15) is 10.2 Å². The van der Waals surface area contributed by atoms with E-state index in [2.05, 4.69) is 192 Å².